The van der Waals surface area contributed by atoms with Gasteiger partial charge in [0.05, 0.1) is 0 Å². The van der Waals surface area contributed by atoms with Crippen molar-refractivity contribution in [3.8, 4) is 5.75 Å². The summed E-state index contributed by atoms with van der Waals surface area (Å²) in [6.07, 6.45) is 0. The molecule has 1 heteroatoms. The summed E-state index contributed by atoms with van der Waals surface area (Å²) in [5.41, 5.74) is 1.50. The van der Waals surface area contributed by atoms with Gasteiger partial charge in [0, 0.05) is 0 Å². The third-order valence-electron chi connectivity index (χ3n) is 4.38. The Kier molecular flexibility index (Phi) is 2.30. The van der Waals surface area contributed by atoms with Crippen molar-refractivity contribution >= 4 is 32.3 Å². The molecule has 0 amide bonds. The van der Waals surface area contributed by atoms with Crippen LogP contribution in [0, 0.1) is 0 Å². The molecule has 0 aliphatic heterocycles. The molecule has 0 unspecified atom stereocenters. The molecule has 0 aromatic heterocycles. The van der Waals surface area contributed by atoms with E-state index in [2.05, 4.69) is 57.2 Å². The van der Waals surface area contributed by atoms with Crippen molar-refractivity contribution < 1.29 is 5.11 Å². The Balaban J connectivity index is 2.23. The predicted octanol–water partition coefficient (Wildman–Crippen LogP) is 5.59. The zero-order chi connectivity index (χ0) is 14.8. The van der Waals surface area contributed by atoms with Gasteiger partial charge < -0.3 is 5.11 Å². The average Bonchev–Trinajstić information content (AvgIpc) is 2.42. The molecule has 4 aromatic rings. The monoisotopic (exact) mass is 274 g/mol. The number of phenolic OH excluding ortho intramolecular Hbond substituents is 1. The van der Waals surface area contributed by atoms with Crippen LogP contribution in [0.15, 0.2) is 48.5 Å². The molecule has 0 radical (unpaired) electrons. The highest BCUT2D eigenvalue weighted by atomic mass is 16.3. The molecular formula is C20H18O. The lowest BCUT2D eigenvalue weighted by atomic mass is 9.83. The fourth-order valence-corrected chi connectivity index (χ4v) is 3.25. The molecule has 0 fully saturated rings. The molecule has 0 bridgehead atoms. The van der Waals surface area contributed by atoms with E-state index >= 15 is 0 Å². The van der Waals surface area contributed by atoms with Crippen LogP contribution < -0.4 is 0 Å². The van der Waals surface area contributed by atoms with Crippen molar-refractivity contribution in [2.75, 3.05) is 0 Å². The van der Waals surface area contributed by atoms with E-state index in [1.165, 1.54) is 27.1 Å². The Bertz CT molecular complexity index is 907. The molecule has 1 nitrogen and oxygen atoms in total. The van der Waals surface area contributed by atoms with Gasteiger partial charge in [-0.15, -0.1) is 0 Å². The van der Waals surface area contributed by atoms with Crippen molar-refractivity contribution in [3.05, 3.63) is 54.1 Å². The number of aromatic hydroxyl groups is 1. The van der Waals surface area contributed by atoms with E-state index in [9.17, 15) is 5.11 Å². The Hall–Kier alpha value is -2.28. The summed E-state index contributed by atoms with van der Waals surface area (Å²) in [6.45, 7) is 6.74. The Morgan fingerprint density at radius 1 is 0.667 bits per heavy atom. The predicted molar refractivity (Wildman–Crippen MR) is 90.5 cm³/mol. The second kappa shape index (κ2) is 3.88. The largest absolute Gasteiger partial charge is 0.508 e. The summed E-state index contributed by atoms with van der Waals surface area (Å²) in [5.74, 6) is 0.330. The van der Waals surface area contributed by atoms with Crippen LogP contribution in [0.4, 0.5) is 0 Å². The van der Waals surface area contributed by atoms with Gasteiger partial charge in [0.2, 0.25) is 0 Å². The molecule has 1 N–H and O–H groups in total. The van der Waals surface area contributed by atoms with E-state index in [4.69, 9.17) is 0 Å². The highest BCUT2D eigenvalue weighted by molar-refractivity contribution is 6.23. The summed E-state index contributed by atoms with van der Waals surface area (Å²) in [7, 11) is 0. The van der Waals surface area contributed by atoms with Crippen molar-refractivity contribution in [2.24, 2.45) is 0 Å². The number of hydrogen-bond donors (Lipinski definition) is 1. The SMILES string of the molecule is CC(C)(C)c1cc2ccc3cc(O)cc4ccc(c1)c2c34. The second-order valence-electron chi connectivity index (χ2n) is 6.95. The summed E-state index contributed by atoms with van der Waals surface area (Å²) in [5, 5.41) is 17.2. The molecule has 0 spiro atoms. The maximum absolute atomic E-state index is 9.85. The van der Waals surface area contributed by atoms with Crippen LogP contribution in [0.3, 0.4) is 0 Å². The van der Waals surface area contributed by atoms with Gasteiger partial charge in [-0.2, -0.15) is 0 Å². The van der Waals surface area contributed by atoms with Crippen molar-refractivity contribution in [3.63, 3.8) is 0 Å². The smallest absolute Gasteiger partial charge is 0.116 e. The normalized spacial score (nSPS) is 12.7. The number of phenols is 1. The van der Waals surface area contributed by atoms with Crippen LogP contribution in [-0.2, 0) is 5.41 Å². The first-order valence-electron chi connectivity index (χ1n) is 7.35. The summed E-state index contributed by atoms with van der Waals surface area (Å²) in [4.78, 5) is 0. The Morgan fingerprint density at radius 3 is 1.43 bits per heavy atom. The van der Waals surface area contributed by atoms with Gasteiger partial charge in [-0.3, -0.25) is 0 Å². The van der Waals surface area contributed by atoms with Gasteiger partial charge in [0.1, 0.15) is 5.75 Å². The highest BCUT2D eigenvalue weighted by Gasteiger charge is 2.17. The summed E-state index contributed by atoms with van der Waals surface area (Å²) in [6, 6.07) is 16.8. The number of rotatable bonds is 0. The fourth-order valence-electron chi connectivity index (χ4n) is 3.25. The van der Waals surface area contributed by atoms with Gasteiger partial charge >= 0.3 is 0 Å². The van der Waals surface area contributed by atoms with E-state index in [1.807, 2.05) is 12.1 Å². The van der Waals surface area contributed by atoms with Crippen LogP contribution in [0.1, 0.15) is 26.3 Å². The average molecular weight is 274 g/mol. The minimum Gasteiger partial charge on any atom is -0.508 e. The first-order chi connectivity index (χ1) is 9.93. The van der Waals surface area contributed by atoms with Crippen LogP contribution in [0.2, 0.25) is 0 Å². The molecular weight excluding hydrogens is 256 g/mol. The minimum atomic E-state index is 0.142. The molecule has 104 valence electrons. The van der Waals surface area contributed by atoms with Crippen LogP contribution >= 0.6 is 0 Å². The topological polar surface area (TPSA) is 20.2 Å². The summed E-state index contributed by atoms with van der Waals surface area (Å²) < 4.78 is 0. The molecule has 4 rings (SSSR count). The Morgan fingerprint density at radius 2 is 1.05 bits per heavy atom. The van der Waals surface area contributed by atoms with Gasteiger partial charge in [-0.05, 0) is 55.4 Å². The molecule has 0 atom stereocenters. The van der Waals surface area contributed by atoms with E-state index in [1.54, 1.807) is 0 Å². The van der Waals surface area contributed by atoms with Gasteiger partial charge in [0.25, 0.3) is 0 Å². The standard InChI is InChI=1S/C20H18O/c1-20(2,3)16-8-12-4-6-14-10-17(21)11-15-7-5-13(9-16)18(12)19(14)15/h4-11,21H,1-3H3. The molecule has 0 aliphatic carbocycles. The van der Waals surface area contributed by atoms with Gasteiger partial charge in [-0.25, -0.2) is 0 Å². The second-order valence-corrected chi connectivity index (χ2v) is 6.95. The summed E-state index contributed by atoms with van der Waals surface area (Å²) >= 11 is 0. The quantitative estimate of drug-likeness (QED) is 0.414. The van der Waals surface area contributed by atoms with Crippen LogP contribution in [0.25, 0.3) is 32.3 Å². The third-order valence-corrected chi connectivity index (χ3v) is 4.38. The first-order valence-corrected chi connectivity index (χ1v) is 7.35. The molecule has 0 saturated heterocycles. The zero-order valence-electron chi connectivity index (χ0n) is 12.6. The lowest BCUT2D eigenvalue weighted by molar-refractivity contribution is 0.477. The molecule has 0 aliphatic rings. The van der Waals surface area contributed by atoms with Gasteiger partial charge in [-0.1, -0.05) is 57.2 Å². The molecule has 21 heavy (non-hydrogen) atoms. The van der Waals surface area contributed by atoms with Crippen LogP contribution in [-0.4, -0.2) is 5.11 Å². The number of hydrogen-bond acceptors (Lipinski definition) is 1. The maximum Gasteiger partial charge on any atom is 0.116 e. The van der Waals surface area contributed by atoms with Crippen molar-refractivity contribution in [1.29, 1.82) is 0 Å². The highest BCUT2D eigenvalue weighted by Crippen LogP contribution is 2.38. The van der Waals surface area contributed by atoms with E-state index < -0.39 is 0 Å². The van der Waals surface area contributed by atoms with Gasteiger partial charge in [0.15, 0.2) is 0 Å². The molecule has 0 saturated carbocycles. The van der Waals surface area contributed by atoms with Crippen LogP contribution in [0.5, 0.6) is 5.75 Å². The lowest BCUT2D eigenvalue weighted by Crippen LogP contribution is -2.10. The third kappa shape index (κ3) is 1.77. The van der Waals surface area contributed by atoms with Crippen molar-refractivity contribution in [1.82, 2.24) is 0 Å². The first kappa shape index (κ1) is 12.5. The van der Waals surface area contributed by atoms with E-state index in [0.29, 0.717) is 5.75 Å². The fraction of sp³-hybridized carbons (Fsp3) is 0.200. The van der Waals surface area contributed by atoms with Crippen molar-refractivity contribution in [2.45, 2.75) is 26.2 Å². The zero-order valence-corrected chi connectivity index (χ0v) is 12.6. The molecule has 0 heterocycles. The van der Waals surface area contributed by atoms with E-state index in [0.717, 1.165) is 10.8 Å². The molecule has 4 aromatic carbocycles. The Labute approximate surface area is 124 Å². The lowest BCUT2D eigenvalue weighted by Gasteiger charge is -2.21. The van der Waals surface area contributed by atoms with E-state index in [-0.39, 0.29) is 5.41 Å². The minimum absolute atomic E-state index is 0.142. The maximum atomic E-state index is 9.85. The number of benzene rings is 4.